The summed E-state index contributed by atoms with van der Waals surface area (Å²) in [6.07, 6.45) is 3.05. The van der Waals surface area contributed by atoms with Crippen LogP contribution in [0.15, 0.2) is 53.4 Å². The van der Waals surface area contributed by atoms with E-state index >= 15 is 0 Å². The number of para-hydroxylation sites is 1. The third-order valence-electron chi connectivity index (χ3n) is 5.02. The minimum absolute atomic E-state index is 0.229. The summed E-state index contributed by atoms with van der Waals surface area (Å²) in [6, 6.07) is 12.0. The highest BCUT2D eigenvalue weighted by atomic mass is 32.2. The molecule has 2 heterocycles. The van der Waals surface area contributed by atoms with Gasteiger partial charge in [-0.15, -0.1) is 0 Å². The van der Waals surface area contributed by atoms with E-state index in [9.17, 15) is 13.2 Å². The molecule has 2 aromatic carbocycles. The second-order valence-electron chi connectivity index (χ2n) is 7.08. The van der Waals surface area contributed by atoms with Crippen LogP contribution in [0.1, 0.15) is 11.1 Å². The normalized spacial score (nSPS) is 16.9. The van der Waals surface area contributed by atoms with Crippen LogP contribution in [0.5, 0.6) is 11.5 Å². The van der Waals surface area contributed by atoms with Crippen molar-refractivity contribution in [1.82, 2.24) is 9.62 Å². The van der Waals surface area contributed by atoms with Crippen LogP contribution in [0.4, 0.5) is 0 Å². The Balaban J connectivity index is 1.35. The van der Waals surface area contributed by atoms with Crippen LogP contribution in [0.2, 0.25) is 0 Å². The highest BCUT2D eigenvalue weighted by molar-refractivity contribution is 7.89. The average Bonchev–Trinajstić information content (AvgIpc) is 2.82. The number of hydrogen-bond acceptors (Lipinski definition) is 6. The molecule has 4 rings (SSSR count). The molecule has 1 amide bonds. The van der Waals surface area contributed by atoms with Gasteiger partial charge in [-0.3, -0.25) is 4.79 Å². The number of ether oxygens (including phenoxy) is 3. The Morgan fingerprint density at radius 2 is 1.74 bits per heavy atom. The molecular weight excluding hydrogens is 420 g/mol. The predicted molar refractivity (Wildman–Crippen MR) is 114 cm³/mol. The van der Waals surface area contributed by atoms with Gasteiger partial charge in [0.05, 0.1) is 18.1 Å². The summed E-state index contributed by atoms with van der Waals surface area (Å²) in [7, 11) is -3.53. The highest BCUT2D eigenvalue weighted by Crippen LogP contribution is 2.33. The van der Waals surface area contributed by atoms with E-state index in [2.05, 4.69) is 5.32 Å². The van der Waals surface area contributed by atoms with Gasteiger partial charge in [0, 0.05) is 31.3 Å². The van der Waals surface area contributed by atoms with E-state index in [1.54, 1.807) is 30.3 Å². The molecule has 2 aromatic rings. The number of nitrogens with zero attached hydrogens (tertiary/aromatic N) is 1. The van der Waals surface area contributed by atoms with E-state index in [-0.39, 0.29) is 10.8 Å². The van der Waals surface area contributed by atoms with Gasteiger partial charge in [0.2, 0.25) is 15.9 Å². The van der Waals surface area contributed by atoms with Gasteiger partial charge in [0.25, 0.3) is 0 Å². The third-order valence-corrected chi connectivity index (χ3v) is 6.93. The quantitative estimate of drug-likeness (QED) is 0.683. The maximum atomic E-state index is 12.7. The Bertz CT molecular complexity index is 1060. The third kappa shape index (κ3) is 5.07. The number of sulfonamides is 1. The van der Waals surface area contributed by atoms with Gasteiger partial charge in [-0.05, 0) is 29.8 Å². The Morgan fingerprint density at radius 3 is 2.52 bits per heavy atom. The van der Waals surface area contributed by atoms with E-state index < -0.39 is 10.0 Å². The molecule has 0 spiro atoms. The number of nitrogens with one attached hydrogen (secondary N) is 1. The van der Waals surface area contributed by atoms with Crippen LogP contribution in [-0.4, -0.2) is 58.1 Å². The summed E-state index contributed by atoms with van der Waals surface area (Å²) in [6.45, 7) is 2.82. The van der Waals surface area contributed by atoms with Crippen molar-refractivity contribution in [2.24, 2.45) is 0 Å². The summed E-state index contributed by atoms with van der Waals surface area (Å²) in [5, 5.41) is 2.82. The zero-order valence-corrected chi connectivity index (χ0v) is 17.8. The predicted octanol–water partition coefficient (Wildman–Crippen LogP) is 1.81. The summed E-state index contributed by atoms with van der Waals surface area (Å²) in [5.41, 5.74) is 1.57. The van der Waals surface area contributed by atoms with Gasteiger partial charge < -0.3 is 19.5 Å². The lowest BCUT2D eigenvalue weighted by Gasteiger charge is -2.26. The molecule has 1 fully saturated rings. The van der Waals surface area contributed by atoms with E-state index in [0.717, 1.165) is 11.1 Å². The van der Waals surface area contributed by atoms with Gasteiger partial charge in [0.15, 0.2) is 11.5 Å². The topological polar surface area (TPSA) is 94.2 Å². The van der Waals surface area contributed by atoms with E-state index in [1.807, 2.05) is 18.2 Å². The summed E-state index contributed by atoms with van der Waals surface area (Å²) >= 11 is 0. The molecule has 1 saturated heterocycles. The maximum Gasteiger partial charge on any atom is 0.244 e. The number of carbonyl (C=O) groups excluding carboxylic acids is 1. The van der Waals surface area contributed by atoms with Crippen LogP contribution in [-0.2, 0) is 26.1 Å². The fourth-order valence-electron chi connectivity index (χ4n) is 3.37. The fourth-order valence-corrected chi connectivity index (χ4v) is 4.78. The zero-order chi connectivity index (χ0) is 21.7. The molecule has 0 radical (unpaired) electrons. The molecule has 9 heteroatoms. The lowest BCUT2D eigenvalue weighted by molar-refractivity contribution is -0.116. The molecule has 1 N–H and O–H groups in total. The van der Waals surface area contributed by atoms with Gasteiger partial charge in [-0.2, -0.15) is 4.31 Å². The van der Waals surface area contributed by atoms with Crippen LogP contribution in [0.3, 0.4) is 0 Å². The summed E-state index contributed by atoms with van der Waals surface area (Å²) < 4.78 is 43.1. The van der Waals surface area contributed by atoms with Crippen LogP contribution >= 0.6 is 0 Å². The van der Waals surface area contributed by atoms with E-state index in [4.69, 9.17) is 14.2 Å². The molecule has 0 unspecified atom stereocenters. The largest absolute Gasteiger partial charge is 0.486 e. The van der Waals surface area contributed by atoms with Crippen molar-refractivity contribution in [2.45, 2.75) is 11.4 Å². The first kappa shape index (κ1) is 21.4. The number of hydrogen-bond donors (Lipinski definition) is 1. The molecule has 0 aromatic heterocycles. The van der Waals surface area contributed by atoms with Gasteiger partial charge in [0.1, 0.15) is 13.2 Å². The van der Waals surface area contributed by atoms with Crippen molar-refractivity contribution >= 4 is 22.0 Å². The molecule has 164 valence electrons. The lowest BCUT2D eigenvalue weighted by Crippen LogP contribution is -2.40. The van der Waals surface area contributed by atoms with E-state index in [0.29, 0.717) is 57.6 Å². The monoisotopic (exact) mass is 444 g/mol. The van der Waals surface area contributed by atoms with E-state index in [1.165, 1.54) is 10.4 Å². The molecule has 31 heavy (non-hydrogen) atoms. The van der Waals surface area contributed by atoms with Crippen molar-refractivity contribution < 1.29 is 27.4 Å². The minimum atomic E-state index is -3.53. The Hall–Kier alpha value is -2.88. The lowest BCUT2D eigenvalue weighted by atomic mass is 10.1. The van der Waals surface area contributed by atoms with Crippen molar-refractivity contribution in [3.05, 3.63) is 59.7 Å². The smallest absolute Gasteiger partial charge is 0.244 e. The van der Waals surface area contributed by atoms with Crippen molar-refractivity contribution in [3.8, 4) is 11.5 Å². The van der Waals surface area contributed by atoms with Crippen LogP contribution in [0.25, 0.3) is 6.08 Å². The first-order chi connectivity index (χ1) is 15.0. The minimum Gasteiger partial charge on any atom is -0.486 e. The first-order valence-corrected chi connectivity index (χ1v) is 11.5. The Morgan fingerprint density at radius 1 is 1.00 bits per heavy atom. The number of carbonyl (C=O) groups is 1. The van der Waals surface area contributed by atoms with Crippen LogP contribution in [0, 0.1) is 0 Å². The van der Waals surface area contributed by atoms with Gasteiger partial charge in [-0.1, -0.05) is 24.3 Å². The van der Waals surface area contributed by atoms with Crippen LogP contribution < -0.4 is 14.8 Å². The average molecular weight is 445 g/mol. The number of fused-ring (bicyclic) bond motifs is 1. The molecule has 0 bridgehead atoms. The SMILES string of the molecule is O=C(/C=C/c1ccc(S(=O)(=O)N2CCOCC2)cc1)NCc1cccc2c1OCCO2. The summed E-state index contributed by atoms with van der Waals surface area (Å²) in [4.78, 5) is 12.4. The van der Waals surface area contributed by atoms with Gasteiger partial charge >= 0.3 is 0 Å². The van der Waals surface area contributed by atoms with Crippen molar-refractivity contribution in [3.63, 3.8) is 0 Å². The molecule has 0 atom stereocenters. The van der Waals surface area contributed by atoms with Crippen molar-refractivity contribution in [1.29, 1.82) is 0 Å². The number of amides is 1. The number of morpholine rings is 1. The summed E-state index contributed by atoms with van der Waals surface area (Å²) in [5.74, 6) is 1.08. The number of benzene rings is 2. The molecular formula is C22H24N2O6S. The highest BCUT2D eigenvalue weighted by Gasteiger charge is 2.26. The Labute approximate surface area is 181 Å². The molecule has 2 aliphatic heterocycles. The zero-order valence-electron chi connectivity index (χ0n) is 17.0. The number of rotatable bonds is 6. The molecule has 8 nitrogen and oxygen atoms in total. The van der Waals surface area contributed by atoms with Gasteiger partial charge in [-0.25, -0.2) is 8.42 Å². The molecule has 0 saturated carbocycles. The molecule has 0 aliphatic carbocycles. The maximum absolute atomic E-state index is 12.7. The second kappa shape index (κ2) is 9.51. The second-order valence-corrected chi connectivity index (χ2v) is 9.02. The molecule has 2 aliphatic rings. The van der Waals surface area contributed by atoms with Crippen molar-refractivity contribution in [2.75, 3.05) is 39.5 Å². The first-order valence-electron chi connectivity index (χ1n) is 10.1. The Kier molecular flexibility index (Phi) is 6.55. The fraction of sp³-hybridized carbons (Fsp3) is 0.318. The standard InChI is InChI=1S/C22H24N2O6S/c25-21(23-16-18-2-1-3-20-22(18)30-15-14-29-20)9-6-17-4-7-19(8-5-17)31(26,27)24-10-12-28-13-11-24/h1-9H,10-16H2,(H,23,25)/b9-6+.